The smallest absolute Gasteiger partial charge is 0.310 e. The van der Waals surface area contributed by atoms with E-state index in [4.69, 9.17) is 28.4 Å². The minimum atomic E-state index is -0.534. The lowest BCUT2D eigenvalue weighted by Gasteiger charge is -2.21. The fraction of sp³-hybridized carbons (Fsp3) is 0.462. The summed E-state index contributed by atoms with van der Waals surface area (Å²) < 4.78 is 32.6. The van der Waals surface area contributed by atoms with Crippen LogP contribution < -0.4 is 9.47 Å². The van der Waals surface area contributed by atoms with Crippen molar-refractivity contribution in [3.8, 4) is 22.6 Å². The molecule has 0 amide bonds. The number of carbonyl (C=O) groups is 2. The molecule has 0 aliphatic heterocycles. The zero-order valence-electron chi connectivity index (χ0n) is 21.1. The number of rotatable bonds is 12. The second-order valence-corrected chi connectivity index (χ2v) is 9.47. The Morgan fingerprint density at radius 2 is 1.57 bits per heavy atom. The standard InChI is InChI=1S/C26H33BrO8/c1-26(2,3)35-22(28)11-10-17-8-7-9-18(12-17)24-19(13-23(29)32-6)25(27)21(34-16-31-5)14-20(24)33-15-30-4/h7-9,12,14H,10-11,13,15-16H2,1-6H3. The highest BCUT2D eigenvalue weighted by molar-refractivity contribution is 9.10. The fourth-order valence-corrected chi connectivity index (χ4v) is 3.91. The molecule has 0 saturated carbocycles. The van der Waals surface area contributed by atoms with Crippen LogP contribution >= 0.6 is 15.9 Å². The lowest BCUT2D eigenvalue weighted by Crippen LogP contribution is -2.24. The summed E-state index contributed by atoms with van der Waals surface area (Å²) in [5.41, 5.74) is 2.51. The van der Waals surface area contributed by atoms with Crippen molar-refractivity contribution in [2.24, 2.45) is 0 Å². The molecule has 8 nitrogen and oxygen atoms in total. The first-order chi connectivity index (χ1) is 16.6. The monoisotopic (exact) mass is 552 g/mol. The van der Waals surface area contributed by atoms with E-state index in [-0.39, 0.29) is 32.4 Å². The Morgan fingerprint density at radius 3 is 2.17 bits per heavy atom. The van der Waals surface area contributed by atoms with Gasteiger partial charge in [0.15, 0.2) is 13.6 Å². The highest BCUT2D eigenvalue weighted by Crippen LogP contribution is 2.44. The van der Waals surface area contributed by atoms with Crippen molar-refractivity contribution in [3.63, 3.8) is 0 Å². The largest absolute Gasteiger partial charge is 0.469 e. The molecule has 0 atom stereocenters. The Kier molecular flexibility index (Phi) is 11.0. The molecule has 0 aromatic heterocycles. The third-order valence-electron chi connectivity index (χ3n) is 4.76. The molecule has 0 saturated heterocycles. The van der Waals surface area contributed by atoms with E-state index < -0.39 is 11.6 Å². The van der Waals surface area contributed by atoms with E-state index in [2.05, 4.69) is 15.9 Å². The molecule has 0 N–H and O–H groups in total. The molecule has 0 heterocycles. The highest BCUT2D eigenvalue weighted by Gasteiger charge is 2.23. The SMILES string of the molecule is COCOc1cc(OCOC)c(-c2cccc(CCC(=O)OC(C)(C)C)c2)c(CC(=O)OC)c1Br. The molecular formula is C26H33BrO8. The van der Waals surface area contributed by atoms with Gasteiger partial charge in [0.25, 0.3) is 0 Å². The number of hydrogen-bond acceptors (Lipinski definition) is 8. The Balaban J connectivity index is 2.53. The maximum atomic E-state index is 12.3. The number of halogens is 1. The third kappa shape index (κ3) is 8.83. The van der Waals surface area contributed by atoms with Crippen molar-refractivity contribution < 1.29 is 38.0 Å². The van der Waals surface area contributed by atoms with Gasteiger partial charge in [-0.25, -0.2) is 0 Å². The summed E-state index contributed by atoms with van der Waals surface area (Å²) in [6, 6.07) is 9.42. The van der Waals surface area contributed by atoms with Crippen molar-refractivity contribution in [1.29, 1.82) is 0 Å². The highest BCUT2D eigenvalue weighted by atomic mass is 79.9. The number of carbonyl (C=O) groups excluding carboxylic acids is 2. The van der Waals surface area contributed by atoms with E-state index in [1.807, 2.05) is 45.0 Å². The molecule has 0 radical (unpaired) electrons. The second-order valence-electron chi connectivity index (χ2n) is 8.68. The van der Waals surface area contributed by atoms with Crippen molar-refractivity contribution in [1.82, 2.24) is 0 Å². The summed E-state index contributed by atoms with van der Waals surface area (Å²) in [5, 5.41) is 0. The molecule has 2 rings (SSSR count). The second kappa shape index (κ2) is 13.5. The van der Waals surface area contributed by atoms with Crippen molar-refractivity contribution in [2.45, 2.75) is 45.6 Å². The number of methoxy groups -OCH3 is 3. The van der Waals surface area contributed by atoms with Gasteiger partial charge in [-0.1, -0.05) is 24.3 Å². The maximum Gasteiger partial charge on any atom is 0.310 e. The number of esters is 2. The quantitative estimate of drug-likeness (QED) is 0.266. The van der Waals surface area contributed by atoms with Gasteiger partial charge in [0.1, 0.15) is 17.1 Å². The van der Waals surface area contributed by atoms with Crippen LogP contribution in [0.3, 0.4) is 0 Å². The van der Waals surface area contributed by atoms with Crippen molar-refractivity contribution >= 4 is 27.9 Å². The Hall–Kier alpha value is -2.62. The summed E-state index contributed by atoms with van der Waals surface area (Å²) >= 11 is 3.58. The maximum absolute atomic E-state index is 12.3. The molecule has 35 heavy (non-hydrogen) atoms. The number of hydrogen-bond donors (Lipinski definition) is 0. The summed E-state index contributed by atoms with van der Waals surface area (Å²) in [6.45, 7) is 5.53. The van der Waals surface area contributed by atoms with Gasteiger partial charge in [-0.3, -0.25) is 9.59 Å². The van der Waals surface area contributed by atoms with Crippen LogP contribution in [0, 0.1) is 0 Å². The van der Waals surface area contributed by atoms with E-state index in [1.165, 1.54) is 21.3 Å². The number of benzene rings is 2. The van der Waals surface area contributed by atoms with E-state index in [1.54, 1.807) is 6.07 Å². The normalized spacial score (nSPS) is 11.2. The topological polar surface area (TPSA) is 89.5 Å². The van der Waals surface area contributed by atoms with Gasteiger partial charge in [-0.2, -0.15) is 0 Å². The van der Waals surface area contributed by atoms with Crippen LogP contribution in [0.15, 0.2) is 34.8 Å². The van der Waals surface area contributed by atoms with E-state index in [9.17, 15) is 9.59 Å². The first-order valence-electron chi connectivity index (χ1n) is 11.1. The van der Waals surface area contributed by atoms with Gasteiger partial charge in [0.05, 0.1) is 18.0 Å². The average molecular weight is 553 g/mol. The van der Waals surface area contributed by atoms with Crippen LogP contribution in [0.5, 0.6) is 11.5 Å². The van der Waals surface area contributed by atoms with Crippen LogP contribution in [0.1, 0.15) is 38.3 Å². The molecule has 2 aromatic rings. The van der Waals surface area contributed by atoms with Crippen molar-refractivity contribution in [2.75, 3.05) is 34.9 Å². The van der Waals surface area contributed by atoms with Crippen LogP contribution in [0.25, 0.3) is 11.1 Å². The lowest BCUT2D eigenvalue weighted by molar-refractivity contribution is -0.154. The summed E-state index contributed by atoms with van der Waals surface area (Å²) in [6.07, 6.45) is 0.720. The molecule has 0 spiro atoms. The molecular weight excluding hydrogens is 520 g/mol. The molecule has 0 aliphatic rings. The number of aryl methyl sites for hydroxylation is 1. The molecule has 0 bridgehead atoms. The van der Waals surface area contributed by atoms with Crippen LogP contribution in [0.2, 0.25) is 0 Å². The van der Waals surface area contributed by atoms with Crippen LogP contribution in [-0.4, -0.2) is 52.5 Å². The van der Waals surface area contributed by atoms with Gasteiger partial charge in [0.2, 0.25) is 0 Å². The fourth-order valence-electron chi connectivity index (χ4n) is 3.35. The Labute approximate surface area is 214 Å². The predicted molar refractivity (Wildman–Crippen MR) is 134 cm³/mol. The molecule has 0 unspecified atom stereocenters. The lowest BCUT2D eigenvalue weighted by atomic mass is 9.94. The zero-order chi connectivity index (χ0) is 26.0. The number of ether oxygens (including phenoxy) is 6. The van der Waals surface area contributed by atoms with Gasteiger partial charge in [-0.15, -0.1) is 0 Å². The van der Waals surface area contributed by atoms with Crippen LogP contribution in [-0.2, 0) is 41.4 Å². The van der Waals surface area contributed by atoms with Crippen molar-refractivity contribution in [3.05, 3.63) is 45.9 Å². The molecule has 192 valence electrons. The molecule has 2 aromatic carbocycles. The van der Waals surface area contributed by atoms with E-state index >= 15 is 0 Å². The Bertz CT molecular complexity index is 1010. The van der Waals surface area contributed by atoms with Gasteiger partial charge < -0.3 is 28.4 Å². The van der Waals surface area contributed by atoms with Gasteiger partial charge >= 0.3 is 11.9 Å². The molecule has 9 heteroatoms. The third-order valence-corrected chi connectivity index (χ3v) is 5.63. The predicted octanol–water partition coefficient (Wildman–Crippen LogP) is 5.07. The first kappa shape index (κ1) is 28.6. The summed E-state index contributed by atoms with van der Waals surface area (Å²) in [5.74, 6) is 0.224. The first-order valence-corrected chi connectivity index (χ1v) is 11.9. The van der Waals surface area contributed by atoms with E-state index in [0.717, 1.165) is 11.1 Å². The molecule has 0 aliphatic carbocycles. The van der Waals surface area contributed by atoms with E-state index in [0.29, 0.717) is 33.5 Å². The molecule has 0 fully saturated rings. The van der Waals surface area contributed by atoms with Crippen LogP contribution in [0.4, 0.5) is 0 Å². The Morgan fingerprint density at radius 1 is 0.914 bits per heavy atom. The minimum Gasteiger partial charge on any atom is -0.469 e. The summed E-state index contributed by atoms with van der Waals surface area (Å²) in [7, 11) is 4.37. The average Bonchev–Trinajstić information content (AvgIpc) is 2.81. The minimum absolute atomic E-state index is 0.00561. The summed E-state index contributed by atoms with van der Waals surface area (Å²) in [4.78, 5) is 24.5. The zero-order valence-corrected chi connectivity index (χ0v) is 22.7. The van der Waals surface area contributed by atoms with Gasteiger partial charge in [-0.05, 0) is 59.8 Å². The van der Waals surface area contributed by atoms with Gasteiger partial charge in [0, 0.05) is 32.3 Å².